The fourth-order valence-corrected chi connectivity index (χ4v) is 2.69. The molecule has 0 aromatic heterocycles. The van der Waals surface area contributed by atoms with E-state index in [0.29, 0.717) is 43.3 Å². The molecule has 1 aromatic rings. The number of hydrogen-bond acceptors (Lipinski definition) is 5. The minimum Gasteiger partial charge on any atom is -0.504 e. The third-order valence-corrected chi connectivity index (χ3v) is 3.81. The molecule has 0 bridgehead atoms. The van der Waals surface area contributed by atoms with Crippen LogP contribution in [0.15, 0.2) is 0 Å². The Kier molecular flexibility index (Phi) is 9.20. The lowest BCUT2D eigenvalue weighted by atomic mass is 10.0. The molecule has 138 valence electrons. The Bertz CT molecular complexity index is 499. The summed E-state index contributed by atoms with van der Waals surface area (Å²) in [7, 11) is 0. The Morgan fingerprint density at radius 1 is 0.625 bits per heavy atom. The first-order valence-corrected chi connectivity index (χ1v) is 9.11. The zero-order chi connectivity index (χ0) is 17.9. The molecule has 5 nitrogen and oxygen atoms in total. The van der Waals surface area contributed by atoms with E-state index >= 15 is 0 Å². The van der Waals surface area contributed by atoms with Gasteiger partial charge < -0.3 is 24.4 Å². The summed E-state index contributed by atoms with van der Waals surface area (Å²) >= 11 is 0. The van der Waals surface area contributed by atoms with Crippen LogP contribution in [0.3, 0.4) is 0 Å². The van der Waals surface area contributed by atoms with E-state index in [1.54, 1.807) is 0 Å². The predicted molar refractivity (Wildman–Crippen MR) is 95.7 cm³/mol. The Morgan fingerprint density at radius 3 is 1.75 bits per heavy atom. The molecule has 0 radical (unpaired) electrons. The molecular formula is C19H32O5. The highest BCUT2D eigenvalue weighted by Gasteiger charge is 2.27. The van der Waals surface area contributed by atoms with Crippen molar-refractivity contribution in [2.75, 3.05) is 19.8 Å². The molecule has 0 aliphatic rings. The van der Waals surface area contributed by atoms with Crippen molar-refractivity contribution in [3.8, 4) is 28.7 Å². The average Bonchev–Trinajstić information content (AvgIpc) is 2.58. The molecule has 24 heavy (non-hydrogen) atoms. The second kappa shape index (κ2) is 10.9. The van der Waals surface area contributed by atoms with Gasteiger partial charge in [-0.25, -0.2) is 0 Å². The monoisotopic (exact) mass is 340 g/mol. The van der Waals surface area contributed by atoms with E-state index in [-0.39, 0.29) is 17.2 Å². The van der Waals surface area contributed by atoms with Crippen LogP contribution >= 0.6 is 0 Å². The molecule has 0 aliphatic heterocycles. The highest BCUT2D eigenvalue weighted by molar-refractivity contribution is 5.69. The van der Waals surface area contributed by atoms with Crippen molar-refractivity contribution in [3.05, 3.63) is 5.56 Å². The molecule has 0 amide bonds. The third kappa shape index (κ3) is 5.11. The van der Waals surface area contributed by atoms with E-state index in [0.717, 1.165) is 12.8 Å². The van der Waals surface area contributed by atoms with Gasteiger partial charge in [0.05, 0.1) is 19.8 Å². The quantitative estimate of drug-likeness (QED) is 0.422. The first-order chi connectivity index (χ1) is 11.6. The summed E-state index contributed by atoms with van der Waals surface area (Å²) in [6, 6.07) is 0. The molecule has 0 spiro atoms. The minimum atomic E-state index is -0.271. The number of hydrogen-bond donors (Lipinski definition) is 2. The second-order valence-corrected chi connectivity index (χ2v) is 5.63. The molecule has 1 aromatic carbocycles. The lowest BCUT2D eigenvalue weighted by molar-refractivity contribution is 0.245. The van der Waals surface area contributed by atoms with Crippen molar-refractivity contribution in [1.29, 1.82) is 0 Å². The Morgan fingerprint density at radius 2 is 1.17 bits per heavy atom. The lowest BCUT2D eigenvalue weighted by Crippen LogP contribution is -2.06. The van der Waals surface area contributed by atoms with E-state index in [4.69, 9.17) is 14.2 Å². The molecular weight excluding hydrogens is 308 g/mol. The summed E-state index contributed by atoms with van der Waals surface area (Å²) in [5.74, 6) is 0.567. The van der Waals surface area contributed by atoms with Gasteiger partial charge in [-0.05, 0) is 33.6 Å². The predicted octanol–water partition coefficient (Wildman–Crippen LogP) is 4.81. The zero-order valence-corrected chi connectivity index (χ0v) is 15.5. The van der Waals surface area contributed by atoms with E-state index in [9.17, 15) is 10.2 Å². The molecule has 0 unspecified atom stereocenters. The van der Waals surface area contributed by atoms with Gasteiger partial charge in [0.2, 0.25) is 17.2 Å². The third-order valence-electron chi connectivity index (χ3n) is 3.81. The van der Waals surface area contributed by atoms with Gasteiger partial charge in [0.1, 0.15) is 0 Å². The first kappa shape index (κ1) is 20.3. The van der Waals surface area contributed by atoms with Crippen molar-refractivity contribution in [2.24, 2.45) is 0 Å². The summed E-state index contributed by atoms with van der Waals surface area (Å²) in [4.78, 5) is 0. The molecule has 0 saturated carbocycles. The van der Waals surface area contributed by atoms with Gasteiger partial charge in [-0.3, -0.25) is 0 Å². The van der Waals surface area contributed by atoms with Gasteiger partial charge >= 0.3 is 0 Å². The van der Waals surface area contributed by atoms with Gasteiger partial charge in [-0.2, -0.15) is 0 Å². The van der Waals surface area contributed by atoms with Crippen molar-refractivity contribution >= 4 is 0 Å². The summed E-state index contributed by atoms with van der Waals surface area (Å²) in [6.07, 6.45) is 6.20. The van der Waals surface area contributed by atoms with Crippen LogP contribution in [-0.2, 0) is 6.42 Å². The van der Waals surface area contributed by atoms with Gasteiger partial charge in [0.15, 0.2) is 11.5 Å². The minimum absolute atomic E-state index is 0.148. The van der Waals surface area contributed by atoms with E-state index < -0.39 is 0 Å². The number of rotatable bonds is 12. The number of benzene rings is 1. The topological polar surface area (TPSA) is 68.2 Å². The fourth-order valence-electron chi connectivity index (χ4n) is 2.69. The highest BCUT2D eigenvalue weighted by atomic mass is 16.5. The van der Waals surface area contributed by atoms with Crippen LogP contribution in [0.4, 0.5) is 0 Å². The molecule has 0 heterocycles. The fraction of sp³-hybridized carbons (Fsp3) is 0.684. The Labute approximate surface area is 145 Å². The van der Waals surface area contributed by atoms with Crippen LogP contribution in [-0.4, -0.2) is 30.0 Å². The molecule has 0 aliphatic carbocycles. The van der Waals surface area contributed by atoms with Crippen LogP contribution in [0.1, 0.15) is 65.4 Å². The van der Waals surface area contributed by atoms with E-state index in [1.165, 1.54) is 19.3 Å². The maximum absolute atomic E-state index is 10.4. The van der Waals surface area contributed by atoms with E-state index in [1.807, 2.05) is 20.8 Å². The van der Waals surface area contributed by atoms with Crippen LogP contribution in [0, 0.1) is 0 Å². The Hall–Kier alpha value is -1.78. The van der Waals surface area contributed by atoms with Gasteiger partial charge in [0, 0.05) is 5.56 Å². The van der Waals surface area contributed by atoms with Gasteiger partial charge in [-0.1, -0.05) is 32.6 Å². The SMILES string of the molecule is CCCCCCCc1c(O)c(O)c(OCC)c(OCC)c1OCC. The largest absolute Gasteiger partial charge is 0.504 e. The standard InChI is InChI=1S/C19H32O5/c1-5-9-10-11-12-13-14-15(20)16(21)18(23-7-3)19(24-8-4)17(14)22-6-2/h20-21H,5-13H2,1-4H3. The van der Waals surface area contributed by atoms with Gasteiger partial charge in [-0.15, -0.1) is 0 Å². The van der Waals surface area contributed by atoms with Crippen LogP contribution < -0.4 is 14.2 Å². The number of unbranched alkanes of at least 4 members (excludes halogenated alkanes) is 4. The van der Waals surface area contributed by atoms with Crippen molar-refractivity contribution < 1.29 is 24.4 Å². The number of phenolic OH excluding ortho intramolecular Hbond substituents is 2. The number of aromatic hydroxyl groups is 2. The highest BCUT2D eigenvalue weighted by Crippen LogP contribution is 2.53. The van der Waals surface area contributed by atoms with Crippen LogP contribution in [0.2, 0.25) is 0 Å². The maximum atomic E-state index is 10.4. The normalized spacial score (nSPS) is 10.7. The summed E-state index contributed by atoms with van der Waals surface area (Å²) in [5, 5.41) is 20.8. The molecule has 1 rings (SSSR count). The van der Waals surface area contributed by atoms with E-state index in [2.05, 4.69) is 6.92 Å². The molecule has 0 atom stereocenters. The lowest BCUT2D eigenvalue weighted by Gasteiger charge is -2.21. The van der Waals surface area contributed by atoms with Crippen molar-refractivity contribution in [2.45, 2.75) is 66.2 Å². The summed E-state index contributed by atoms with van der Waals surface area (Å²) in [6.45, 7) is 8.95. The second-order valence-electron chi connectivity index (χ2n) is 5.63. The Balaban J connectivity index is 3.18. The van der Waals surface area contributed by atoms with Crippen molar-refractivity contribution in [1.82, 2.24) is 0 Å². The number of ether oxygens (including phenoxy) is 3. The maximum Gasteiger partial charge on any atom is 0.211 e. The van der Waals surface area contributed by atoms with Gasteiger partial charge in [0.25, 0.3) is 0 Å². The summed E-state index contributed by atoms with van der Waals surface area (Å²) in [5.41, 5.74) is 0.595. The first-order valence-electron chi connectivity index (χ1n) is 9.11. The molecule has 2 N–H and O–H groups in total. The zero-order valence-electron chi connectivity index (χ0n) is 15.5. The van der Waals surface area contributed by atoms with Crippen LogP contribution in [0.5, 0.6) is 28.7 Å². The average molecular weight is 340 g/mol. The molecule has 0 fully saturated rings. The molecule has 5 heteroatoms. The van der Waals surface area contributed by atoms with Crippen molar-refractivity contribution in [3.63, 3.8) is 0 Å². The number of phenols is 2. The summed E-state index contributed by atoms with van der Waals surface area (Å²) < 4.78 is 16.9. The van der Waals surface area contributed by atoms with Crippen LogP contribution in [0.25, 0.3) is 0 Å². The molecule has 0 saturated heterocycles. The smallest absolute Gasteiger partial charge is 0.211 e.